The van der Waals surface area contributed by atoms with Gasteiger partial charge in [0.2, 0.25) is 30.9 Å². The van der Waals surface area contributed by atoms with Crippen LogP contribution in [-0.4, -0.2) is 121 Å². The van der Waals surface area contributed by atoms with Gasteiger partial charge in [0.15, 0.2) is 0 Å². The Bertz CT molecular complexity index is 2480. The van der Waals surface area contributed by atoms with Crippen LogP contribution in [0.3, 0.4) is 0 Å². The molecule has 0 amide bonds. The first-order valence-electron chi connectivity index (χ1n) is 14.7. The predicted octanol–water partition coefficient (Wildman–Crippen LogP) is 1.72. The van der Waals surface area contributed by atoms with E-state index in [1.807, 2.05) is 72.8 Å². The number of thiol groups is 2. The zero-order valence-corrected chi connectivity index (χ0v) is 31.2. The Morgan fingerprint density at radius 3 is 0.722 bits per heavy atom. The van der Waals surface area contributed by atoms with Gasteiger partial charge >= 0.3 is 0 Å². The molecule has 0 N–H and O–H groups in total. The first-order valence-corrected chi connectivity index (χ1v) is 19.9. The van der Waals surface area contributed by atoms with Crippen LogP contribution in [0.15, 0.2) is 104 Å². The van der Waals surface area contributed by atoms with Gasteiger partial charge in [0.25, 0.3) is 0 Å². The summed E-state index contributed by atoms with van der Waals surface area (Å²) in [7, 11) is 5.18. The third-order valence-electron chi connectivity index (χ3n) is 7.07. The molecule has 9 rings (SSSR count). The minimum atomic E-state index is 0.367. The van der Waals surface area contributed by atoms with Gasteiger partial charge < -0.3 is 0 Å². The van der Waals surface area contributed by atoms with E-state index in [1.165, 1.54) is 52.5 Å². The van der Waals surface area contributed by atoms with Crippen LogP contribution in [0, 0.1) is 0 Å². The van der Waals surface area contributed by atoms with E-state index in [4.69, 9.17) is 0 Å². The van der Waals surface area contributed by atoms with Gasteiger partial charge in [0, 0.05) is 0 Å². The van der Waals surface area contributed by atoms with Crippen molar-refractivity contribution in [3.8, 4) is 34.1 Å². The second-order valence-electron chi connectivity index (χ2n) is 10.2. The summed E-state index contributed by atoms with van der Waals surface area (Å²) in [6, 6.07) is 22.1. The molecule has 0 radical (unpaired) electrons. The van der Waals surface area contributed by atoms with Gasteiger partial charge in [-0.1, -0.05) is 0 Å². The lowest BCUT2D eigenvalue weighted by Crippen LogP contribution is -2.02. The molecular weight excluding hydrogens is 817 g/mol. The van der Waals surface area contributed by atoms with Gasteiger partial charge in [-0.3, -0.25) is 0 Å². The maximum Gasteiger partial charge on any atom is 0.225 e. The average Bonchev–Trinajstić information content (AvgIpc) is 4.06. The van der Waals surface area contributed by atoms with E-state index in [0.29, 0.717) is 42.3 Å². The molecule has 6 aromatic heterocycles. The van der Waals surface area contributed by atoms with Crippen LogP contribution in [-0.2, 0) is 0 Å². The maximum atomic E-state index is 4.26. The SMILES string of the molecule is Sc1nnnn1-c1ccc(-n2nnnc2SSc2nnnn2-c2ccc(-n3nnnc3SSc3nnnn3-c3ccc(-n4nnnc4S)cc3)cc2)cc1. The fraction of sp³-hybridized carbons (Fsp3) is 0. The molecule has 3 aromatic carbocycles. The Morgan fingerprint density at radius 1 is 0.296 bits per heavy atom. The lowest BCUT2D eigenvalue weighted by atomic mass is 10.3. The Labute approximate surface area is 325 Å². The molecule has 0 bridgehead atoms. The van der Waals surface area contributed by atoms with Gasteiger partial charge in [-0.2, -0.15) is 28.1 Å². The molecular formula is C24H14N24S6. The summed E-state index contributed by atoms with van der Waals surface area (Å²) >= 11 is 8.52. The summed E-state index contributed by atoms with van der Waals surface area (Å²) in [6.07, 6.45) is 0. The van der Waals surface area contributed by atoms with E-state index in [0.717, 1.165) is 22.7 Å². The van der Waals surface area contributed by atoms with Crippen molar-refractivity contribution in [2.24, 2.45) is 0 Å². The third-order valence-corrected chi connectivity index (χ3v) is 11.7. The Hall–Kier alpha value is -5.82. The lowest BCUT2D eigenvalue weighted by molar-refractivity contribution is 0.745. The van der Waals surface area contributed by atoms with Crippen molar-refractivity contribution in [2.75, 3.05) is 0 Å². The van der Waals surface area contributed by atoms with Crippen molar-refractivity contribution in [3.63, 3.8) is 0 Å². The van der Waals surface area contributed by atoms with Crippen molar-refractivity contribution in [1.29, 1.82) is 0 Å². The Balaban J connectivity index is 0.856. The molecule has 24 nitrogen and oxygen atoms in total. The van der Waals surface area contributed by atoms with E-state index in [2.05, 4.69) is 118 Å². The normalized spacial score (nSPS) is 11.4. The summed E-state index contributed by atoms with van der Waals surface area (Å²) in [6.45, 7) is 0. The molecule has 0 aliphatic rings. The van der Waals surface area contributed by atoms with Gasteiger partial charge in [-0.15, -0.1) is 55.8 Å². The predicted molar refractivity (Wildman–Crippen MR) is 194 cm³/mol. The molecule has 6 heterocycles. The van der Waals surface area contributed by atoms with Crippen LogP contribution >= 0.6 is 68.4 Å². The highest BCUT2D eigenvalue weighted by Gasteiger charge is 2.18. The Morgan fingerprint density at radius 2 is 0.500 bits per heavy atom. The number of hydrogen-bond acceptors (Lipinski definition) is 24. The first kappa shape index (κ1) is 34.0. The molecule has 266 valence electrons. The molecule has 54 heavy (non-hydrogen) atoms. The van der Waals surface area contributed by atoms with E-state index >= 15 is 0 Å². The summed E-state index contributed by atoms with van der Waals surface area (Å²) in [4.78, 5) is 0. The highest BCUT2D eigenvalue weighted by Crippen LogP contribution is 2.37. The molecule has 0 aliphatic heterocycles. The summed E-state index contributed by atoms with van der Waals surface area (Å²) < 4.78 is 9.40. The molecule has 0 saturated heterocycles. The van der Waals surface area contributed by atoms with Gasteiger partial charge in [-0.25, -0.2) is 0 Å². The molecule has 0 saturated carbocycles. The van der Waals surface area contributed by atoms with Crippen molar-refractivity contribution < 1.29 is 0 Å². The number of aromatic nitrogens is 24. The fourth-order valence-electron chi connectivity index (χ4n) is 4.62. The molecule has 0 atom stereocenters. The van der Waals surface area contributed by atoms with E-state index in [9.17, 15) is 0 Å². The van der Waals surface area contributed by atoms with Gasteiger partial charge in [-0.05, 0) is 179 Å². The molecule has 0 fully saturated rings. The van der Waals surface area contributed by atoms with Crippen molar-refractivity contribution >= 4 is 68.4 Å². The van der Waals surface area contributed by atoms with E-state index in [1.54, 1.807) is 18.7 Å². The van der Waals surface area contributed by atoms with Gasteiger partial charge in [0.1, 0.15) is 0 Å². The average molecular weight is 831 g/mol. The molecule has 9 aromatic rings. The molecule has 0 unspecified atom stereocenters. The van der Waals surface area contributed by atoms with Crippen LogP contribution in [0.1, 0.15) is 0 Å². The largest absolute Gasteiger partial charge is 0.225 e. The molecule has 0 spiro atoms. The lowest BCUT2D eigenvalue weighted by Gasteiger charge is -2.08. The van der Waals surface area contributed by atoms with Crippen molar-refractivity contribution in [3.05, 3.63) is 72.8 Å². The molecule has 0 aliphatic carbocycles. The van der Waals surface area contributed by atoms with E-state index < -0.39 is 0 Å². The highest BCUT2D eigenvalue weighted by molar-refractivity contribution is 8.76. The number of benzene rings is 3. The minimum absolute atomic E-state index is 0.367. The van der Waals surface area contributed by atoms with Crippen LogP contribution in [0.5, 0.6) is 0 Å². The number of nitrogens with zero attached hydrogens (tertiary/aromatic N) is 24. The summed E-state index contributed by atoms with van der Waals surface area (Å²) in [5.74, 6) is 0. The minimum Gasteiger partial charge on any atom is -0.188 e. The maximum absolute atomic E-state index is 4.26. The van der Waals surface area contributed by atoms with Crippen molar-refractivity contribution in [2.45, 2.75) is 30.9 Å². The standard InChI is InChI=1S/C24H14N24S6/c49-19-25-31-37-43(19)13-1-5-15(6-2-13)45-21(27-33-39-45)51-53-23-29-35-41-47(23)17-9-11-18(12-10-17)48-24(30-36-42-48)54-52-22-28-34-40-46(22)16-7-3-14(4-8-16)44-20(50)26-32-38-44/h1-12H,(H,25,37,49)(H,26,38,50). The van der Waals surface area contributed by atoms with Gasteiger partial charge in [0.05, 0.1) is 34.1 Å². The Kier molecular flexibility index (Phi) is 9.37. The quantitative estimate of drug-likeness (QED) is 0.131. The summed E-state index contributed by atoms with van der Waals surface area (Å²) in [5.41, 5.74) is 4.35. The smallest absolute Gasteiger partial charge is 0.188 e. The molecule has 30 heteroatoms. The second kappa shape index (κ2) is 14.9. The fourth-order valence-corrected chi connectivity index (χ4v) is 8.59. The number of tetrazole rings is 6. The number of hydrogen-bond donors (Lipinski definition) is 2. The first-order chi connectivity index (χ1) is 26.6. The summed E-state index contributed by atoms with van der Waals surface area (Å²) in [5, 5.41) is 74.2. The second-order valence-corrected chi connectivity index (χ2v) is 15.1. The zero-order chi connectivity index (χ0) is 36.4. The third kappa shape index (κ3) is 6.75. The van der Waals surface area contributed by atoms with Crippen LogP contribution < -0.4 is 0 Å². The zero-order valence-electron chi connectivity index (χ0n) is 26.2. The topological polar surface area (TPSA) is 262 Å². The van der Waals surface area contributed by atoms with E-state index in [-0.39, 0.29) is 0 Å². The van der Waals surface area contributed by atoms with Crippen LogP contribution in [0.2, 0.25) is 0 Å². The monoisotopic (exact) mass is 830 g/mol. The van der Waals surface area contributed by atoms with Crippen molar-refractivity contribution in [1.82, 2.24) is 121 Å². The van der Waals surface area contributed by atoms with Crippen LogP contribution in [0.4, 0.5) is 0 Å². The highest BCUT2D eigenvalue weighted by atomic mass is 33.1. The van der Waals surface area contributed by atoms with Crippen LogP contribution in [0.25, 0.3) is 34.1 Å². The number of rotatable bonds is 12.